The highest BCUT2D eigenvalue weighted by molar-refractivity contribution is 5.42. The third-order valence-corrected chi connectivity index (χ3v) is 5.37. The fourth-order valence-corrected chi connectivity index (χ4v) is 3.86. The summed E-state index contributed by atoms with van der Waals surface area (Å²) in [5, 5.41) is 3.62. The van der Waals surface area contributed by atoms with Gasteiger partial charge in [0.2, 0.25) is 5.95 Å². The molecule has 2 aliphatic rings. The first-order valence-electron chi connectivity index (χ1n) is 9.96. The van der Waals surface area contributed by atoms with Crippen LogP contribution in [0.5, 0.6) is 0 Å². The molecule has 1 N–H and O–H groups in total. The van der Waals surface area contributed by atoms with E-state index in [9.17, 15) is 0 Å². The van der Waals surface area contributed by atoms with Gasteiger partial charge in [-0.25, -0.2) is 4.98 Å². The molecule has 0 bridgehead atoms. The summed E-state index contributed by atoms with van der Waals surface area (Å²) in [4.78, 5) is 13.9. The molecule has 144 valence electrons. The SMILES string of the molecule is Cc1cccc(CN2CCC(Nc3ccnc(N4CCOCC4)n3)CC2)c1. The number of hydrogen-bond donors (Lipinski definition) is 1. The van der Waals surface area contributed by atoms with E-state index < -0.39 is 0 Å². The molecule has 6 heteroatoms. The Balaban J connectivity index is 1.29. The molecular formula is C21H29N5O. The molecule has 0 aliphatic carbocycles. The Labute approximate surface area is 161 Å². The number of aryl methyl sites for hydroxylation is 1. The van der Waals surface area contributed by atoms with Gasteiger partial charge < -0.3 is 15.0 Å². The summed E-state index contributed by atoms with van der Waals surface area (Å²) < 4.78 is 5.41. The zero-order chi connectivity index (χ0) is 18.5. The van der Waals surface area contributed by atoms with Crippen LogP contribution in [0.2, 0.25) is 0 Å². The molecule has 2 aliphatic heterocycles. The van der Waals surface area contributed by atoms with Crippen LogP contribution in [0.3, 0.4) is 0 Å². The maximum Gasteiger partial charge on any atom is 0.227 e. The molecule has 0 saturated carbocycles. The predicted octanol–water partition coefficient (Wildman–Crippen LogP) is 2.70. The average Bonchev–Trinajstić information content (AvgIpc) is 2.70. The summed E-state index contributed by atoms with van der Waals surface area (Å²) in [5.74, 6) is 1.74. The minimum atomic E-state index is 0.478. The smallest absolute Gasteiger partial charge is 0.227 e. The lowest BCUT2D eigenvalue weighted by Gasteiger charge is -2.33. The molecule has 3 heterocycles. The summed E-state index contributed by atoms with van der Waals surface area (Å²) in [7, 11) is 0. The van der Waals surface area contributed by atoms with E-state index in [2.05, 4.69) is 51.3 Å². The van der Waals surface area contributed by atoms with Crippen molar-refractivity contribution < 1.29 is 4.74 Å². The van der Waals surface area contributed by atoms with Crippen molar-refractivity contribution in [3.8, 4) is 0 Å². The van der Waals surface area contributed by atoms with Crippen LogP contribution in [0.15, 0.2) is 36.5 Å². The van der Waals surface area contributed by atoms with Crippen molar-refractivity contribution in [2.45, 2.75) is 32.4 Å². The van der Waals surface area contributed by atoms with Gasteiger partial charge in [0.1, 0.15) is 5.82 Å². The number of nitrogens with zero attached hydrogens (tertiary/aromatic N) is 4. The van der Waals surface area contributed by atoms with Crippen LogP contribution in [-0.2, 0) is 11.3 Å². The number of nitrogens with one attached hydrogen (secondary N) is 1. The van der Waals surface area contributed by atoms with Crippen LogP contribution in [0, 0.1) is 6.92 Å². The minimum absolute atomic E-state index is 0.478. The number of aromatic nitrogens is 2. The van der Waals surface area contributed by atoms with Crippen LogP contribution >= 0.6 is 0 Å². The van der Waals surface area contributed by atoms with E-state index in [0.29, 0.717) is 6.04 Å². The van der Waals surface area contributed by atoms with Crippen molar-refractivity contribution in [1.29, 1.82) is 0 Å². The Morgan fingerprint density at radius 2 is 1.93 bits per heavy atom. The first-order valence-corrected chi connectivity index (χ1v) is 9.96. The van der Waals surface area contributed by atoms with Gasteiger partial charge in [-0.2, -0.15) is 4.98 Å². The second-order valence-electron chi connectivity index (χ2n) is 7.53. The number of hydrogen-bond acceptors (Lipinski definition) is 6. The summed E-state index contributed by atoms with van der Waals surface area (Å²) in [6.45, 7) is 8.66. The van der Waals surface area contributed by atoms with E-state index >= 15 is 0 Å². The van der Waals surface area contributed by atoms with Gasteiger partial charge in [-0.05, 0) is 31.4 Å². The number of morpholine rings is 1. The third kappa shape index (κ3) is 4.96. The maximum atomic E-state index is 5.41. The van der Waals surface area contributed by atoms with E-state index in [4.69, 9.17) is 9.72 Å². The van der Waals surface area contributed by atoms with E-state index in [1.54, 1.807) is 0 Å². The fraction of sp³-hybridized carbons (Fsp3) is 0.524. The Morgan fingerprint density at radius 1 is 1.11 bits per heavy atom. The highest BCUT2D eigenvalue weighted by Crippen LogP contribution is 2.19. The lowest BCUT2D eigenvalue weighted by atomic mass is 10.0. The van der Waals surface area contributed by atoms with Crippen molar-refractivity contribution in [3.05, 3.63) is 47.7 Å². The summed E-state index contributed by atoms with van der Waals surface area (Å²) in [6.07, 6.45) is 4.14. The molecule has 0 unspecified atom stereocenters. The summed E-state index contributed by atoms with van der Waals surface area (Å²) >= 11 is 0. The highest BCUT2D eigenvalue weighted by Gasteiger charge is 2.20. The molecule has 0 radical (unpaired) electrons. The van der Waals surface area contributed by atoms with Crippen molar-refractivity contribution in [1.82, 2.24) is 14.9 Å². The van der Waals surface area contributed by atoms with Crippen molar-refractivity contribution >= 4 is 11.8 Å². The lowest BCUT2D eigenvalue weighted by molar-refractivity contribution is 0.122. The van der Waals surface area contributed by atoms with Gasteiger partial charge in [0.25, 0.3) is 0 Å². The van der Waals surface area contributed by atoms with Crippen LogP contribution in [0.1, 0.15) is 24.0 Å². The lowest BCUT2D eigenvalue weighted by Crippen LogP contribution is -2.39. The number of anilines is 2. The normalized spacial score (nSPS) is 19.2. The quantitative estimate of drug-likeness (QED) is 0.877. The maximum absolute atomic E-state index is 5.41. The van der Waals surface area contributed by atoms with Crippen LogP contribution in [0.4, 0.5) is 11.8 Å². The summed E-state index contributed by atoms with van der Waals surface area (Å²) in [5.41, 5.74) is 2.75. The number of benzene rings is 1. The monoisotopic (exact) mass is 367 g/mol. The highest BCUT2D eigenvalue weighted by atomic mass is 16.5. The molecule has 0 atom stereocenters. The largest absolute Gasteiger partial charge is 0.378 e. The van der Waals surface area contributed by atoms with E-state index in [-0.39, 0.29) is 0 Å². The molecule has 27 heavy (non-hydrogen) atoms. The van der Waals surface area contributed by atoms with Crippen LogP contribution in [0.25, 0.3) is 0 Å². The molecule has 0 spiro atoms. The third-order valence-electron chi connectivity index (χ3n) is 5.37. The van der Waals surface area contributed by atoms with Crippen LogP contribution < -0.4 is 10.2 Å². The first kappa shape index (κ1) is 18.2. The van der Waals surface area contributed by atoms with Gasteiger partial charge in [0.15, 0.2) is 0 Å². The first-order chi connectivity index (χ1) is 13.3. The van der Waals surface area contributed by atoms with E-state index in [1.807, 2.05) is 12.3 Å². The Hall–Kier alpha value is -2.18. The number of likely N-dealkylation sites (tertiary alicyclic amines) is 1. The number of rotatable bonds is 5. The fourth-order valence-electron chi connectivity index (χ4n) is 3.86. The van der Waals surface area contributed by atoms with Gasteiger partial charge in [-0.3, -0.25) is 4.90 Å². The second-order valence-corrected chi connectivity index (χ2v) is 7.53. The minimum Gasteiger partial charge on any atom is -0.378 e. The Kier molecular flexibility index (Phi) is 5.84. The zero-order valence-electron chi connectivity index (χ0n) is 16.1. The Morgan fingerprint density at radius 3 is 2.70 bits per heavy atom. The Bertz CT molecular complexity index is 739. The predicted molar refractivity (Wildman–Crippen MR) is 108 cm³/mol. The zero-order valence-corrected chi connectivity index (χ0v) is 16.1. The van der Waals surface area contributed by atoms with Gasteiger partial charge in [-0.1, -0.05) is 29.8 Å². The average molecular weight is 367 g/mol. The van der Waals surface area contributed by atoms with Gasteiger partial charge in [-0.15, -0.1) is 0 Å². The van der Waals surface area contributed by atoms with E-state index in [1.165, 1.54) is 11.1 Å². The number of ether oxygens (including phenoxy) is 1. The molecule has 0 amide bonds. The topological polar surface area (TPSA) is 53.5 Å². The van der Waals surface area contributed by atoms with Gasteiger partial charge in [0.05, 0.1) is 13.2 Å². The van der Waals surface area contributed by atoms with E-state index in [0.717, 1.165) is 70.5 Å². The van der Waals surface area contributed by atoms with Crippen molar-refractivity contribution in [2.24, 2.45) is 0 Å². The molecule has 2 aromatic rings. The van der Waals surface area contributed by atoms with Crippen molar-refractivity contribution in [3.63, 3.8) is 0 Å². The standard InChI is InChI=1S/C21H29N5O/c1-17-3-2-4-18(15-17)16-25-9-6-19(7-10-25)23-20-5-8-22-21(24-20)26-11-13-27-14-12-26/h2-5,8,15,19H,6-7,9-14,16H2,1H3,(H,22,23,24). The van der Waals surface area contributed by atoms with Gasteiger partial charge in [0, 0.05) is 45.0 Å². The molecule has 1 aromatic carbocycles. The van der Waals surface area contributed by atoms with Gasteiger partial charge >= 0.3 is 0 Å². The van der Waals surface area contributed by atoms with Crippen molar-refractivity contribution in [2.75, 3.05) is 49.6 Å². The molecule has 6 nitrogen and oxygen atoms in total. The molecule has 2 saturated heterocycles. The molecule has 1 aromatic heterocycles. The molecule has 4 rings (SSSR count). The molecular weight excluding hydrogens is 338 g/mol. The molecule has 2 fully saturated rings. The second kappa shape index (κ2) is 8.67. The summed E-state index contributed by atoms with van der Waals surface area (Å²) in [6, 6.07) is 11.3. The van der Waals surface area contributed by atoms with Crippen LogP contribution in [-0.4, -0.2) is 60.3 Å². The number of piperidine rings is 1.